The van der Waals surface area contributed by atoms with Crippen LogP contribution < -0.4 is 4.74 Å². The third kappa shape index (κ3) is 3.56. The van der Waals surface area contributed by atoms with Crippen molar-refractivity contribution in [2.24, 2.45) is 0 Å². The molecule has 5 heteroatoms. The highest BCUT2D eigenvalue weighted by molar-refractivity contribution is 7.91. The molecule has 1 fully saturated rings. The van der Waals surface area contributed by atoms with E-state index < -0.39 is 9.84 Å². The number of aldehydes is 1. The fraction of sp³-hybridized carbons (Fsp3) is 0.500. The molecule has 1 aliphatic carbocycles. The summed E-state index contributed by atoms with van der Waals surface area (Å²) in [5.74, 6) is 0.539. The van der Waals surface area contributed by atoms with E-state index in [0.717, 1.165) is 19.1 Å². The van der Waals surface area contributed by atoms with Gasteiger partial charge in [-0.05, 0) is 31.4 Å². The third-order valence-corrected chi connectivity index (χ3v) is 5.16. The largest absolute Gasteiger partial charge is 0.490 e. The minimum atomic E-state index is -3.02. The second kappa shape index (κ2) is 5.74. The van der Waals surface area contributed by atoms with Crippen molar-refractivity contribution in [2.45, 2.75) is 37.0 Å². The standard InChI is InChI=1S/C14H18O4S/c1-19(16,17)13-7-4-6-12(9-13)18-14-8-3-2-5-11(14)10-15/h2-3,5,8,10,12-13H,4,6-7,9H2,1H3. The van der Waals surface area contributed by atoms with Gasteiger partial charge < -0.3 is 4.74 Å². The Balaban J connectivity index is 2.09. The number of hydrogen-bond acceptors (Lipinski definition) is 4. The molecule has 0 amide bonds. The quantitative estimate of drug-likeness (QED) is 0.795. The van der Waals surface area contributed by atoms with Crippen LogP contribution in [-0.4, -0.2) is 32.3 Å². The van der Waals surface area contributed by atoms with Gasteiger partial charge in [0.2, 0.25) is 0 Å². The lowest BCUT2D eigenvalue weighted by molar-refractivity contribution is 0.111. The Morgan fingerprint density at radius 2 is 2.00 bits per heavy atom. The average molecular weight is 282 g/mol. The zero-order valence-corrected chi connectivity index (χ0v) is 11.7. The lowest BCUT2D eigenvalue weighted by Gasteiger charge is -2.28. The first kappa shape index (κ1) is 14.1. The van der Waals surface area contributed by atoms with Crippen molar-refractivity contribution >= 4 is 16.1 Å². The van der Waals surface area contributed by atoms with Crippen molar-refractivity contribution in [3.8, 4) is 5.75 Å². The summed E-state index contributed by atoms with van der Waals surface area (Å²) in [5.41, 5.74) is 0.504. The molecular formula is C14H18O4S. The molecule has 0 bridgehead atoms. The van der Waals surface area contributed by atoms with Crippen LogP contribution in [-0.2, 0) is 9.84 Å². The summed E-state index contributed by atoms with van der Waals surface area (Å²) in [5, 5.41) is -0.324. The molecule has 1 aromatic carbocycles. The minimum Gasteiger partial charge on any atom is -0.490 e. The first-order valence-electron chi connectivity index (χ1n) is 6.40. The number of benzene rings is 1. The van der Waals surface area contributed by atoms with Crippen LogP contribution in [0.3, 0.4) is 0 Å². The van der Waals surface area contributed by atoms with Gasteiger partial charge in [-0.2, -0.15) is 0 Å². The molecule has 0 aliphatic heterocycles. The first-order valence-corrected chi connectivity index (χ1v) is 8.36. The van der Waals surface area contributed by atoms with E-state index in [-0.39, 0.29) is 11.4 Å². The monoisotopic (exact) mass is 282 g/mol. The van der Waals surface area contributed by atoms with Gasteiger partial charge >= 0.3 is 0 Å². The van der Waals surface area contributed by atoms with Crippen LogP contribution >= 0.6 is 0 Å². The molecule has 19 heavy (non-hydrogen) atoms. The van der Waals surface area contributed by atoms with E-state index in [4.69, 9.17) is 4.74 Å². The highest BCUT2D eigenvalue weighted by atomic mass is 32.2. The molecule has 0 radical (unpaired) electrons. The van der Waals surface area contributed by atoms with Crippen molar-refractivity contribution in [1.29, 1.82) is 0 Å². The predicted molar refractivity (Wildman–Crippen MR) is 73.3 cm³/mol. The van der Waals surface area contributed by atoms with Gasteiger partial charge in [0.15, 0.2) is 6.29 Å². The average Bonchev–Trinajstić information content (AvgIpc) is 2.39. The number of ether oxygens (including phenoxy) is 1. The van der Waals surface area contributed by atoms with E-state index in [9.17, 15) is 13.2 Å². The van der Waals surface area contributed by atoms with Crippen LogP contribution in [0.15, 0.2) is 24.3 Å². The number of rotatable bonds is 4. The number of carbonyl (C=O) groups excluding carboxylic acids is 1. The maximum atomic E-state index is 11.6. The van der Waals surface area contributed by atoms with Crippen LogP contribution in [0.1, 0.15) is 36.0 Å². The van der Waals surface area contributed by atoms with Crippen molar-refractivity contribution < 1.29 is 17.9 Å². The fourth-order valence-corrected chi connectivity index (χ4v) is 3.62. The molecule has 0 aromatic heterocycles. The first-order chi connectivity index (χ1) is 9.00. The fourth-order valence-electron chi connectivity index (χ4n) is 2.46. The Bertz CT molecular complexity index is 550. The second-order valence-corrected chi connectivity index (χ2v) is 7.34. The van der Waals surface area contributed by atoms with E-state index >= 15 is 0 Å². The molecule has 1 saturated carbocycles. The summed E-state index contributed by atoms with van der Waals surface area (Å²) in [7, 11) is -3.02. The smallest absolute Gasteiger partial charge is 0.153 e. The number of carbonyl (C=O) groups is 1. The molecule has 0 saturated heterocycles. The molecule has 1 aromatic rings. The summed E-state index contributed by atoms with van der Waals surface area (Å²) in [4.78, 5) is 10.9. The van der Waals surface area contributed by atoms with Crippen LogP contribution in [0.5, 0.6) is 5.75 Å². The number of hydrogen-bond donors (Lipinski definition) is 0. The van der Waals surface area contributed by atoms with Crippen LogP contribution in [0.25, 0.3) is 0 Å². The maximum Gasteiger partial charge on any atom is 0.153 e. The predicted octanol–water partition coefficient (Wildman–Crippen LogP) is 2.23. The van der Waals surface area contributed by atoms with E-state index in [2.05, 4.69) is 0 Å². The SMILES string of the molecule is CS(=O)(=O)C1CCCC(Oc2ccccc2C=O)C1. The minimum absolute atomic E-state index is 0.130. The van der Waals surface area contributed by atoms with Gasteiger partial charge in [-0.3, -0.25) is 4.79 Å². The normalized spacial score (nSPS) is 23.8. The third-order valence-electron chi connectivity index (χ3n) is 3.52. The Morgan fingerprint density at radius 1 is 1.26 bits per heavy atom. The summed E-state index contributed by atoms with van der Waals surface area (Å²) in [6, 6.07) is 7.02. The van der Waals surface area contributed by atoms with Crippen molar-refractivity contribution in [2.75, 3.05) is 6.26 Å². The molecule has 0 spiro atoms. The van der Waals surface area contributed by atoms with Crippen LogP contribution in [0, 0.1) is 0 Å². The molecule has 4 nitrogen and oxygen atoms in total. The number of sulfone groups is 1. The van der Waals surface area contributed by atoms with Crippen LogP contribution in [0.2, 0.25) is 0 Å². The Labute approximate surface area is 113 Å². The van der Waals surface area contributed by atoms with E-state index in [0.29, 0.717) is 24.2 Å². The molecule has 2 atom stereocenters. The van der Waals surface area contributed by atoms with E-state index in [1.54, 1.807) is 24.3 Å². The Kier molecular flexibility index (Phi) is 4.24. The summed E-state index contributed by atoms with van der Waals surface area (Å²) < 4.78 is 29.0. The van der Waals surface area contributed by atoms with Gasteiger partial charge in [-0.25, -0.2) is 8.42 Å². The maximum absolute atomic E-state index is 11.6. The van der Waals surface area contributed by atoms with Crippen LogP contribution in [0.4, 0.5) is 0 Å². The summed E-state index contributed by atoms with van der Waals surface area (Å²) in [6.45, 7) is 0. The lowest BCUT2D eigenvalue weighted by Crippen LogP contribution is -2.33. The van der Waals surface area contributed by atoms with Gasteiger partial charge in [0.1, 0.15) is 15.6 Å². The van der Waals surface area contributed by atoms with E-state index in [1.807, 2.05) is 0 Å². The molecule has 2 unspecified atom stereocenters. The second-order valence-electron chi connectivity index (χ2n) is 5.01. The van der Waals surface area contributed by atoms with Crippen molar-refractivity contribution in [1.82, 2.24) is 0 Å². The molecule has 104 valence electrons. The van der Waals surface area contributed by atoms with Gasteiger partial charge in [-0.15, -0.1) is 0 Å². The van der Waals surface area contributed by atoms with Gasteiger partial charge in [0.25, 0.3) is 0 Å². The van der Waals surface area contributed by atoms with Crippen molar-refractivity contribution in [3.63, 3.8) is 0 Å². The molecule has 1 aliphatic rings. The Morgan fingerprint density at radius 3 is 2.68 bits per heavy atom. The molecule has 0 N–H and O–H groups in total. The zero-order valence-electron chi connectivity index (χ0n) is 10.9. The van der Waals surface area contributed by atoms with Gasteiger partial charge in [-0.1, -0.05) is 12.1 Å². The topological polar surface area (TPSA) is 60.4 Å². The summed E-state index contributed by atoms with van der Waals surface area (Å²) >= 11 is 0. The van der Waals surface area contributed by atoms with Gasteiger partial charge in [0.05, 0.1) is 16.9 Å². The van der Waals surface area contributed by atoms with E-state index in [1.165, 1.54) is 6.26 Å². The highest BCUT2D eigenvalue weighted by Crippen LogP contribution is 2.28. The lowest BCUT2D eigenvalue weighted by atomic mass is 9.97. The Hall–Kier alpha value is -1.36. The number of para-hydroxylation sites is 1. The zero-order chi connectivity index (χ0) is 13.9. The van der Waals surface area contributed by atoms with Gasteiger partial charge in [0, 0.05) is 12.7 Å². The molecule has 2 rings (SSSR count). The molecule has 0 heterocycles. The highest BCUT2D eigenvalue weighted by Gasteiger charge is 2.30. The van der Waals surface area contributed by atoms with Crippen molar-refractivity contribution in [3.05, 3.63) is 29.8 Å². The summed E-state index contributed by atoms with van der Waals surface area (Å²) in [6.07, 6.45) is 4.78. The molecular weight excluding hydrogens is 264 g/mol.